The third kappa shape index (κ3) is 4.18. The van der Waals surface area contributed by atoms with Crippen molar-refractivity contribution in [1.29, 1.82) is 0 Å². The Morgan fingerprint density at radius 1 is 1.30 bits per heavy atom. The van der Waals surface area contributed by atoms with E-state index in [4.69, 9.17) is 4.74 Å². The van der Waals surface area contributed by atoms with Crippen LogP contribution in [0.2, 0.25) is 0 Å². The Kier molecular flexibility index (Phi) is 5.38. The summed E-state index contributed by atoms with van der Waals surface area (Å²) in [7, 11) is 0. The van der Waals surface area contributed by atoms with Crippen LogP contribution in [0.4, 0.5) is 4.39 Å². The van der Waals surface area contributed by atoms with E-state index in [1.807, 2.05) is 0 Å². The van der Waals surface area contributed by atoms with Crippen LogP contribution >= 0.6 is 0 Å². The van der Waals surface area contributed by atoms with Crippen molar-refractivity contribution in [3.05, 3.63) is 29.6 Å². The minimum absolute atomic E-state index is 0.182. The van der Waals surface area contributed by atoms with Crippen LogP contribution in [0.5, 0.6) is 5.75 Å². The van der Waals surface area contributed by atoms with Gasteiger partial charge in [-0.1, -0.05) is 25.7 Å². The molecule has 0 radical (unpaired) electrons. The predicted octanol–water partition coefficient (Wildman–Crippen LogP) is 3.20. The maximum absolute atomic E-state index is 13.2. The van der Waals surface area contributed by atoms with Gasteiger partial charge in [0, 0.05) is 5.56 Å². The molecule has 2 N–H and O–H groups in total. The summed E-state index contributed by atoms with van der Waals surface area (Å²) < 4.78 is 18.7. The van der Waals surface area contributed by atoms with Gasteiger partial charge in [-0.3, -0.25) is 0 Å². The van der Waals surface area contributed by atoms with Crippen molar-refractivity contribution in [3.63, 3.8) is 0 Å². The van der Waals surface area contributed by atoms with E-state index in [9.17, 15) is 14.6 Å². The molecule has 4 heteroatoms. The lowest BCUT2D eigenvalue weighted by Gasteiger charge is -2.18. The van der Waals surface area contributed by atoms with Crippen LogP contribution < -0.4 is 4.74 Å². The van der Waals surface area contributed by atoms with Crippen LogP contribution in [0, 0.1) is 11.7 Å². The van der Waals surface area contributed by atoms with E-state index in [1.54, 1.807) is 6.92 Å². The molecule has 112 valence electrons. The number of hydrogen-bond donors (Lipinski definition) is 2. The molecule has 0 heterocycles. The quantitative estimate of drug-likeness (QED) is 0.842. The van der Waals surface area contributed by atoms with Gasteiger partial charge >= 0.3 is 0 Å². The van der Waals surface area contributed by atoms with Gasteiger partial charge in [0.15, 0.2) is 0 Å². The Labute approximate surface area is 119 Å². The second kappa shape index (κ2) is 7.04. The summed E-state index contributed by atoms with van der Waals surface area (Å²) in [4.78, 5) is 0. The molecule has 1 unspecified atom stereocenters. The van der Waals surface area contributed by atoms with Crippen molar-refractivity contribution < 1.29 is 19.3 Å². The molecule has 1 aliphatic rings. The number of ether oxygens (including phenoxy) is 1. The first-order chi connectivity index (χ1) is 9.56. The number of benzene rings is 1. The molecule has 1 aromatic rings. The Hall–Kier alpha value is -1.13. The molecule has 0 aliphatic heterocycles. The van der Waals surface area contributed by atoms with Gasteiger partial charge in [0.05, 0.1) is 12.2 Å². The second-order valence-electron chi connectivity index (χ2n) is 5.71. The molecule has 0 amide bonds. The Bertz CT molecular complexity index is 428. The molecule has 1 fully saturated rings. The predicted molar refractivity (Wildman–Crippen MR) is 75.1 cm³/mol. The van der Waals surface area contributed by atoms with Crippen molar-refractivity contribution in [2.45, 2.75) is 51.2 Å². The fourth-order valence-corrected chi connectivity index (χ4v) is 2.86. The number of rotatable bonds is 6. The summed E-state index contributed by atoms with van der Waals surface area (Å²) in [6, 6.07) is 4.06. The third-order valence-electron chi connectivity index (χ3n) is 3.93. The fraction of sp³-hybridized carbons (Fsp3) is 0.625. The molecule has 0 spiro atoms. The largest absolute Gasteiger partial charge is 0.491 e. The molecule has 1 aliphatic carbocycles. The van der Waals surface area contributed by atoms with Gasteiger partial charge in [-0.15, -0.1) is 0 Å². The maximum atomic E-state index is 13.2. The SMILES string of the molecule is C[C@H](O)c1cc(F)ccc1OCC(O)CC1CCCC1. The van der Waals surface area contributed by atoms with Gasteiger partial charge in [-0.05, 0) is 37.5 Å². The van der Waals surface area contributed by atoms with Crippen molar-refractivity contribution in [2.24, 2.45) is 5.92 Å². The molecule has 20 heavy (non-hydrogen) atoms. The van der Waals surface area contributed by atoms with Crippen molar-refractivity contribution >= 4 is 0 Å². The summed E-state index contributed by atoms with van der Waals surface area (Å²) in [5, 5.41) is 19.6. The van der Waals surface area contributed by atoms with Crippen LogP contribution in [-0.2, 0) is 0 Å². The van der Waals surface area contributed by atoms with Gasteiger partial charge < -0.3 is 14.9 Å². The van der Waals surface area contributed by atoms with Gasteiger partial charge in [0.25, 0.3) is 0 Å². The highest BCUT2D eigenvalue weighted by molar-refractivity contribution is 5.35. The zero-order valence-electron chi connectivity index (χ0n) is 11.9. The van der Waals surface area contributed by atoms with Crippen LogP contribution in [0.25, 0.3) is 0 Å². The molecule has 0 aromatic heterocycles. The lowest BCUT2D eigenvalue weighted by atomic mass is 10.0. The van der Waals surface area contributed by atoms with Crippen LogP contribution in [-0.4, -0.2) is 22.9 Å². The number of hydrogen-bond acceptors (Lipinski definition) is 3. The van der Waals surface area contributed by atoms with E-state index in [2.05, 4.69) is 0 Å². The zero-order chi connectivity index (χ0) is 14.5. The smallest absolute Gasteiger partial charge is 0.125 e. The molecule has 3 nitrogen and oxygen atoms in total. The highest BCUT2D eigenvalue weighted by Gasteiger charge is 2.19. The second-order valence-corrected chi connectivity index (χ2v) is 5.71. The fourth-order valence-electron chi connectivity index (χ4n) is 2.86. The highest BCUT2D eigenvalue weighted by atomic mass is 19.1. The lowest BCUT2D eigenvalue weighted by molar-refractivity contribution is 0.0832. The number of aliphatic hydroxyl groups excluding tert-OH is 2. The summed E-state index contributed by atoms with van der Waals surface area (Å²) in [6.45, 7) is 1.75. The Morgan fingerprint density at radius 2 is 2.00 bits per heavy atom. The summed E-state index contributed by atoms with van der Waals surface area (Å²) in [6.07, 6.45) is 4.33. The monoisotopic (exact) mass is 282 g/mol. The summed E-state index contributed by atoms with van der Waals surface area (Å²) in [5.74, 6) is 0.629. The minimum atomic E-state index is -0.798. The van der Waals surface area contributed by atoms with Crippen LogP contribution in [0.3, 0.4) is 0 Å². The first-order valence-electron chi connectivity index (χ1n) is 7.34. The van der Waals surface area contributed by atoms with Crippen molar-refractivity contribution in [3.8, 4) is 5.75 Å². The summed E-state index contributed by atoms with van der Waals surface area (Å²) >= 11 is 0. The molecular formula is C16H23FO3. The first-order valence-corrected chi connectivity index (χ1v) is 7.34. The van der Waals surface area contributed by atoms with E-state index < -0.39 is 18.0 Å². The van der Waals surface area contributed by atoms with E-state index in [0.29, 0.717) is 17.2 Å². The molecule has 0 saturated heterocycles. The van der Waals surface area contributed by atoms with Gasteiger partial charge in [0.1, 0.15) is 18.2 Å². The molecule has 1 saturated carbocycles. The van der Waals surface area contributed by atoms with Crippen molar-refractivity contribution in [1.82, 2.24) is 0 Å². The normalized spacial score (nSPS) is 19.0. The minimum Gasteiger partial charge on any atom is -0.491 e. The average Bonchev–Trinajstić information content (AvgIpc) is 2.90. The molecule has 0 bridgehead atoms. The van der Waals surface area contributed by atoms with Gasteiger partial charge in [-0.25, -0.2) is 4.39 Å². The van der Waals surface area contributed by atoms with Crippen molar-refractivity contribution in [2.75, 3.05) is 6.61 Å². The molecule has 1 aromatic carbocycles. The third-order valence-corrected chi connectivity index (χ3v) is 3.93. The zero-order valence-corrected chi connectivity index (χ0v) is 11.9. The maximum Gasteiger partial charge on any atom is 0.125 e. The number of aliphatic hydroxyl groups is 2. The number of halogens is 1. The molecule has 2 atom stereocenters. The van der Waals surface area contributed by atoms with Crippen LogP contribution in [0.1, 0.15) is 50.7 Å². The van der Waals surface area contributed by atoms with E-state index in [1.165, 1.54) is 43.9 Å². The lowest BCUT2D eigenvalue weighted by Crippen LogP contribution is -2.21. The highest BCUT2D eigenvalue weighted by Crippen LogP contribution is 2.29. The van der Waals surface area contributed by atoms with E-state index >= 15 is 0 Å². The summed E-state index contributed by atoms with van der Waals surface area (Å²) in [5.41, 5.74) is 0.415. The van der Waals surface area contributed by atoms with E-state index in [-0.39, 0.29) is 6.61 Å². The van der Waals surface area contributed by atoms with Gasteiger partial charge in [0.2, 0.25) is 0 Å². The first kappa shape index (κ1) is 15.3. The Morgan fingerprint density at radius 3 is 2.65 bits per heavy atom. The van der Waals surface area contributed by atoms with Crippen LogP contribution in [0.15, 0.2) is 18.2 Å². The topological polar surface area (TPSA) is 49.7 Å². The Balaban J connectivity index is 1.89. The standard InChI is InChI=1S/C16H23FO3/c1-11(18)15-9-13(17)6-7-16(15)20-10-14(19)8-12-4-2-3-5-12/h6-7,9,11-12,14,18-19H,2-5,8,10H2,1H3/t11-,14?/m0/s1. The van der Waals surface area contributed by atoms with Gasteiger partial charge in [-0.2, -0.15) is 0 Å². The average molecular weight is 282 g/mol. The molecule has 2 rings (SSSR count). The van der Waals surface area contributed by atoms with E-state index in [0.717, 1.165) is 6.42 Å². The molecular weight excluding hydrogens is 259 g/mol.